The van der Waals surface area contributed by atoms with Crippen molar-refractivity contribution in [2.45, 2.75) is 43.0 Å². The van der Waals surface area contributed by atoms with Gasteiger partial charge in [0.1, 0.15) is 5.75 Å². The molecule has 33 heavy (non-hydrogen) atoms. The number of methoxy groups -OCH3 is 1. The Morgan fingerprint density at radius 1 is 1.09 bits per heavy atom. The smallest absolute Gasteiger partial charge is 0.250 e. The molecule has 9 heteroatoms. The van der Waals surface area contributed by atoms with Crippen LogP contribution in [0.2, 0.25) is 0 Å². The third-order valence-corrected chi connectivity index (χ3v) is 7.80. The highest BCUT2D eigenvalue weighted by Crippen LogP contribution is 2.27. The number of carbonyl (C=O) groups excluding carboxylic acids is 1. The van der Waals surface area contributed by atoms with Crippen molar-refractivity contribution in [2.75, 3.05) is 19.5 Å². The molecule has 0 aliphatic heterocycles. The van der Waals surface area contributed by atoms with Crippen molar-refractivity contribution in [3.8, 4) is 5.75 Å². The van der Waals surface area contributed by atoms with Gasteiger partial charge in [-0.1, -0.05) is 37.5 Å². The van der Waals surface area contributed by atoms with Gasteiger partial charge in [-0.3, -0.25) is 10.1 Å². The number of ether oxygens (including phenoxy) is 1. The summed E-state index contributed by atoms with van der Waals surface area (Å²) in [5.41, 5.74) is 1.34. The Bertz CT molecular complexity index is 1110. The summed E-state index contributed by atoms with van der Waals surface area (Å²) in [5, 5.41) is 5.58. The Morgan fingerprint density at radius 2 is 1.76 bits per heavy atom. The summed E-state index contributed by atoms with van der Waals surface area (Å²) in [6, 6.07) is 13.7. The van der Waals surface area contributed by atoms with E-state index >= 15 is 0 Å². The molecule has 1 aliphatic rings. The second-order valence-corrected chi connectivity index (χ2v) is 10.3. The normalized spacial score (nSPS) is 14.9. The summed E-state index contributed by atoms with van der Waals surface area (Å²) in [5.74, 6) is 0.262. The van der Waals surface area contributed by atoms with Crippen LogP contribution in [0.25, 0.3) is 6.08 Å². The molecule has 1 amide bonds. The van der Waals surface area contributed by atoms with E-state index in [1.807, 2.05) is 18.2 Å². The maximum atomic E-state index is 13.0. The second-order valence-electron chi connectivity index (χ2n) is 7.86. The van der Waals surface area contributed by atoms with E-state index in [0.29, 0.717) is 11.4 Å². The van der Waals surface area contributed by atoms with Crippen LogP contribution in [0.4, 0.5) is 5.69 Å². The van der Waals surface area contributed by atoms with E-state index in [1.54, 1.807) is 50.6 Å². The first kappa shape index (κ1) is 24.9. The number of carbonyl (C=O) groups is 1. The molecule has 0 radical (unpaired) electrons. The standard InChI is InChI=1S/C24H29N3O4S2/c1-27(20-9-4-3-5-10-20)33(29,30)21-15-13-19(14-16-21)25-24(32)26-23(28)17-12-18-8-6-7-11-22(18)31-2/h6-8,11-17,20H,3-5,9-10H2,1-2H3,(H2,25,26,28,32). The second kappa shape index (κ2) is 11.4. The van der Waals surface area contributed by atoms with Gasteiger partial charge >= 0.3 is 0 Å². The number of hydrogen-bond acceptors (Lipinski definition) is 5. The maximum Gasteiger partial charge on any atom is 0.250 e. The molecule has 1 aliphatic carbocycles. The monoisotopic (exact) mass is 487 g/mol. The lowest BCUT2D eigenvalue weighted by molar-refractivity contribution is -0.115. The molecule has 176 valence electrons. The highest BCUT2D eigenvalue weighted by molar-refractivity contribution is 7.89. The summed E-state index contributed by atoms with van der Waals surface area (Å²) in [6.07, 6.45) is 8.08. The van der Waals surface area contributed by atoms with Crippen molar-refractivity contribution in [3.63, 3.8) is 0 Å². The highest BCUT2D eigenvalue weighted by Gasteiger charge is 2.28. The molecule has 0 aromatic heterocycles. The van der Waals surface area contributed by atoms with Gasteiger partial charge < -0.3 is 10.1 Å². The van der Waals surface area contributed by atoms with Crippen molar-refractivity contribution in [2.24, 2.45) is 0 Å². The summed E-state index contributed by atoms with van der Waals surface area (Å²) in [7, 11) is -0.339. The van der Waals surface area contributed by atoms with Crippen LogP contribution in [-0.2, 0) is 14.8 Å². The number of sulfonamides is 1. The Balaban J connectivity index is 1.57. The van der Waals surface area contributed by atoms with E-state index in [1.165, 1.54) is 10.4 Å². The van der Waals surface area contributed by atoms with Crippen molar-refractivity contribution in [3.05, 3.63) is 60.2 Å². The van der Waals surface area contributed by atoms with Crippen LogP contribution < -0.4 is 15.4 Å². The zero-order valence-electron chi connectivity index (χ0n) is 18.8. The van der Waals surface area contributed by atoms with Gasteiger partial charge in [-0.05, 0) is 61.5 Å². The van der Waals surface area contributed by atoms with Crippen molar-refractivity contribution >= 4 is 45.0 Å². The number of thiocarbonyl (C=S) groups is 1. The molecule has 0 bridgehead atoms. The van der Waals surface area contributed by atoms with Crippen LogP contribution in [0.5, 0.6) is 5.75 Å². The number of nitrogens with one attached hydrogen (secondary N) is 2. The quantitative estimate of drug-likeness (QED) is 0.450. The van der Waals surface area contributed by atoms with Gasteiger partial charge in [-0.25, -0.2) is 8.42 Å². The first-order chi connectivity index (χ1) is 15.8. The minimum absolute atomic E-state index is 0.0493. The fourth-order valence-corrected chi connectivity index (χ4v) is 5.44. The molecule has 2 N–H and O–H groups in total. The van der Waals surface area contributed by atoms with Crippen LogP contribution in [-0.4, -0.2) is 43.9 Å². The lowest BCUT2D eigenvalue weighted by atomic mass is 9.96. The maximum absolute atomic E-state index is 13.0. The van der Waals surface area contributed by atoms with E-state index in [0.717, 1.165) is 37.7 Å². The number of para-hydroxylation sites is 1. The number of nitrogens with zero attached hydrogens (tertiary/aromatic N) is 1. The average Bonchev–Trinajstić information content (AvgIpc) is 2.83. The molecule has 0 spiro atoms. The summed E-state index contributed by atoms with van der Waals surface area (Å²) in [4.78, 5) is 12.4. The molecular formula is C24H29N3O4S2. The molecule has 0 saturated heterocycles. The molecule has 0 unspecified atom stereocenters. The van der Waals surface area contributed by atoms with Crippen molar-refractivity contribution in [1.82, 2.24) is 9.62 Å². The zero-order valence-corrected chi connectivity index (χ0v) is 20.4. The average molecular weight is 488 g/mol. The van der Waals surface area contributed by atoms with Crippen LogP contribution >= 0.6 is 12.2 Å². The van der Waals surface area contributed by atoms with Gasteiger partial charge in [0.15, 0.2) is 5.11 Å². The van der Waals surface area contributed by atoms with Gasteiger partial charge in [-0.2, -0.15) is 4.31 Å². The summed E-state index contributed by atoms with van der Waals surface area (Å²) in [6.45, 7) is 0. The molecular weight excluding hydrogens is 458 g/mol. The Kier molecular flexibility index (Phi) is 8.60. The van der Waals surface area contributed by atoms with Gasteiger partial charge in [0.2, 0.25) is 15.9 Å². The molecule has 1 saturated carbocycles. The molecule has 0 heterocycles. The van der Waals surface area contributed by atoms with E-state index in [-0.39, 0.29) is 16.0 Å². The lowest BCUT2D eigenvalue weighted by Gasteiger charge is -2.30. The SMILES string of the molecule is COc1ccccc1C=CC(=O)NC(=S)Nc1ccc(S(=O)(=O)N(C)C2CCCCC2)cc1. The molecule has 0 atom stereocenters. The first-order valence-electron chi connectivity index (χ1n) is 10.8. The molecule has 2 aromatic rings. The van der Waals surface area contributed by atoms with Crippen molar-refractivity contribution in [1.29, 1.82) is 0 Å². The Hall–Kier alpha value is -2.75. The van der Waals surface area contributed by atoms with Crippen LogP contribution in [0.15, 0.2) is 59.5 Å². The van der Waals surface area contributed by atoms with Crippen LogP contribution in [0, 0.1) is 0 Å². The molecule has 3 rings (SSSR count). The van der Waals surface area contributed by atoms with Crippen molar-refractivity contribution < 1.29 is 17.9 Å². The third-order valence-electron chi connectivity index (χ3n) is 5.67. The predicted molar refractivity (Wildman–Crippen MR) is 135 cm³/mol. The highest BCUT2D eigenvalue weighted by atomic mass is 32.2. The topological polar surface area (TPSA) is 87.7 Å². The molecule has 1 fully saturated rings. The largest absolute Gasteiger partial charge is 0.496 e. The first-order valence-corrected chi connectivity index (χ1v) is 12.7. The third kappa shape index (κ3) is 6.63. The number of anilines is 1. The van der Waals surface area contributed by atoms with Gasteiger partial charge in [0, 0.05) is 30.4 Å². The van der Waals surface area contributed by atoms with Gasteiger partial charge in [0.25, 0.3) is 0 Å². The predicted octanol–water partition coefficient (Wildman–Crippen LogP) is 4.17. The van der Waals surface area contributed by atoms with E-state index in [4.69, 9.17) is 17.0 Å². The van der Waals surface area contributed by atoms with Crippen LogP contribution in [0.1, 0.15) is 37.7 Å². The number of hydrogen-bond donors (Lipinski definition) is 2. The number of amides is 1. The Labute approximate surface area is 200 Å². The lowest BCUT2D eigenvalue weighted by Crippen LogP contribution is -2.38. The number of rotatable bonds is 7. The number of benzene rings is 2. The summed E-state index contributed by atoms with van der Waals surface area (Å²) < 4.78 is 32.6. The van der Waals surface area contributed by atoms with E-state index in [2.05, 4.69) is 10.6 Å². The van der Waals surface area contributed by atoms with E-state index < -0.39 is 15.9 Å². The minimum atomic E-state index is -3.56. The minimum Gasteiger partial charge on any atom is -0.496 e. The zero-order chi connectivity index (χ0) is 23.8. The fourth-order valence-electron chi connectivity index (χ4n) is 3.80. The molecule has 2 aromatic carbocycles. The van der Waals surface area contributed by atoms with Gasteiger partial charge in [-0.15, -0.1) is 0 Å². The fraction of sp³-hybridized carbons (Fsp3) is 0.333. The Morgan fingerprint density at radius 3 is 2.42 bits per heavy atom. The molecule has 7 nitrogen and oxygen atoms in total. The summed E-state index contributed by atoms with van der Waals surface area (Å²) >= 11 is 5.20. The van der Waals surface area contributed by atoms with E-state index in [9.17, 15) is 13.2 Å². The van der Waals surface area contributed by atoms with Crippen LogP contribution in [0.3, 0.4) is 0 Å². The van der Waals surface area contributed by atoms with Gasteiger partial charge in [0.05, 0.1) is 12.0 Å².